The van der Waals surface area contributed by atoms with Gasteiger partial charge in [0.15, 0.2) is 0 Å². The van der Waals surface area contributed by atoms with Crippen LogP contribution in [0.2, 0.25) is 0 Å². The van der Waals surface area contributed by atoms with Gasteiger partial charge in [0.05, 0.1) is 9.89 Å². The lowest BCUT2D eigenvalue weighted by molar-refractivity contribution is 0.0932. The Morgan fingerprint density at radius 3 is 2.79 bits per heavy atom. The molecular formula is C11H15BrOS. The Bertz CT molecular complexity index is 310. The van der Waals surface area contributed by atoms with Crippen LogP contribution in [0.25, 0.3) is 0 Å². The van der Waals surface area contributed by atoms with Crippen LogP contribution in [0.15, 0.2) is 15.9 Å². The summed E-state index contributed by atoms with van der Waals surface area (Å²) < 4.78 is 1.11. The van der Waals surface area contributed by atoms with Gasteiger partial charge in [0.1, 0.15) is 0 Å². The molecule has 1 heterocycles. The van der Waals surface area contributed by atoms with Crippen molar-refractivity contribution in [2.45, 2.75) is 32.3 Å². The maximum absolute atomic E-state index is 10.2. The lowest BCUT2D eigenvalue weighted by atomic mass is 9.91. The van der Waals surface area contributed by atoms with Crippen LogP contribution >= 0.6 is 27.3 Å². The van der Waals surface area contributed by atoms with Crippen molar-refractivity contribution in [3.8, 4) is 0 Å². The molecule has 78 valence electrons. The van der Waals surface area contributed by atoms with Crippen LogP contribution in [0.5, 0.6) is 0 Å². The van der Waals surface area contributed by atoms with Crippen molar-refractivity contribution in [2.75, 3.05) is 0 Å². The van der Waals surface area contributed by atoms with Gasteiger partial charge in [-0.2, -0.15) is 0 Å². The first-order valence-corrected chi connectivity index (χ1v) is 6.72. The predicted octanol–water partition coefficient (Wildman–Crippen LogP) is 3.98. The smallest absolute Gasteiger partial charge is 0.0912 e. The second kappa shape index (κ2) is 4.33. The van der Waals surface area contributed by atoms with Gasteiger partial charge >= 0.3 is 0 Å². The third-order valence-corrected chi connectivity index (χ3v) is 4.91. The van der Waals surface area contributed by atoms with E-state index in [-0.39, 0.29) is 6.10 Å². The zero-order valence-electron chi connectivity index (χ0n) is 8.24. The summed E-state index contributed by atoms with van der Waals surface area (Å²) in [5.41, 5.74) is 0. The van der Waals surface area contributed by atoms with E-state index < -0.39 is 0 Å². The van der Waals surface area contributed by atoms with Crippen molar-refractivity contribution in [2.24, 2.45) is 11.8 Å². The van der Waals surface area contributed by atoms with Gasteiger partial charge in [-0.05, 0) is 46.3 Å². The highest BCUT2D eigenvalue weighted by molar-refractivity contribution is 9.11. The van der Waals surface area contributed by atoms with Gasteiger partial charge < -0.3 is 5.11 Å². The Morgan fingerprint density at radius 1 is 1.50 bits per heavy atom. The van der Waals surface area contributed by atoms with E-state index in [1.807, 2.05) is 12.1 Å². The highest BCUT2D eigenvalue weighted by Gasteiger charge is 2.31. The van der Waals surface area contributed by atoms with Gasteiger partial charge in [0.2, 0.25) is 0 Å². The molecule has 0 bridgehead atoms. The summed E-state index contributed by atoms with van der Waals surface area (Å²) in [4.78, 5) is 1.11. The molecule has 3 heteroatoms. The molecule has 1 aromatic rings. The number of hydrogen-bond acceptors (Lipinski definition) is 2. The summed E-state index contributed by atoms with van der Waals surface area (Å²) in [5, 5.41) is 10.2. The van der Waals surface area contributed by atoms with Gasteiger partial charge in [-0.1, -0.05) is 19.8 Å². The number of aliphatic hydroxyl groups excluding tert-OH is 1. The molecule has 0 radical (unpaired) electrons. The molecule has 1 fully saturated rings. The minimum absolute atomic E-state index is 0.246. The van der Waals surface area contributed by atoms with Crippen LogP contribution in [0.1, 0.15) is 37.2 Å². The van der Waals surface area contributed by atoms with Crippen molar-refractivity contribution < 1.29 is 5.11 Å². The normalized spacial score (nSPS) is 29.4. The largest absolute Gasteiger partial charge is 0.387 e. The van der Waals surface area contributed by atoms with Crippen molar-refractivity contribution >= 4 is 27.3 Å². The molecular weight excluding hydrogens is 260 g/mol. The van der Waals surface area contributed by atoms with Crippen LogP contribution < -0.4 is 0 Å². The zero-order valence-corrected chi connectivity index (χ0v) is 10.6. The molecule has 3 atom stereocenters. The average Bonchev–Trinajstić information content (AvgIpc) is 2.73. The number of thiophene rings is 1. The van der Waals surface area contributed by atoms with Crippen molar-refractivity contribution in [1.82, 2.24) is 0 Å². The highest BCUT2D eigenvalue weighted by Crippen LogP contribution is 2.42. The molecule has 3 unspecified atom stereocenters. The van der Waals surface area contributed by atoms with Crippen molar-refractivity contribution in [3.05, 3.63) is 20.8 Å². The van der Waals surface area contributed by atoms with E-state index in [1.165, 1.54) is 19.3 Å². The molecule has 14 heavy (non-hydrogen) atoms. The first-order chi connectivity index (χ1) is 6.68. The van der Waals surface area contributed by atoms with Crippen LogP contribution in [0, 0.1) is 11.8 Å². The number of hydrogen-bond donors (Lipinski definition) is 1. The average molecular weight is 275 g/mol. The summed E-state index contributed by atoms with van der Waals surface area (Å²) in [6.07, 6.45) is 3.48. The number of aliphatic hydroxyl groups is 1. The third-order valence-electron chi connectivity index (χ3n) is 3.22. The van der Waals surface area contributed by atoms with E-state index in [9.17, 15) is 5.11 Å². The minimum atomic E-state index is -0.246. The Balaban J connectivity index is 2.11. The lowest BCUT2D eigenvalue weighted by Crippen LogP contribution is -2.13. The first kappa shape index (κ1) is 10.7. The molecule has 0 amide bonds. The number of halogens is 1. The Hall–Kier alpha value is 0.140. The number of rotatable bonds is 2. The van der Waals surface area contributed by atoms with E-state index in [2.05, 4.69) is 22.9 Å². The molecule has 1 aromatic heterocycles. The molecule has 2 rings (SSSR count). The SMILES string of the molecule is CC1CCCC1C(O)c1ccc(Br)s1. The van der Waals surface area contributed by atoms with Crippen LogP contribution in [0.3, 0.4) is 0 Å². The zero-order chi connectivity index (χ0) is 10.1. The van der Waals surface area contributed by atoms with Gasteiger partial charge in [0, 0.05) is 4.88 Å². The Labute approximate surface area is 97.3 Å². The van der Waals surface area contributed by atoms with Crippen LogP contribution in [0.4, 0.5) is 0 Å². The second-order valence-corrected chi connectivity index (χ2v) is 6.65. The molecule has 0 saturated heterocycles. The molecule has 0 spiro atoms. The van der Waals surface area contributed by atoms with Crippen LogP contribution in [-0.4, -0.2) is 5.11 Å². The molecule has 1 aliphatic carbocycles. The molecule has 1 saturated carbocycles. The summed E-state index contributed by atoms with van der Waals surface area (Å²) in [6, 6.07) is 4.05. The Kier molecular flexibility index (Phi) is 3.30. The van der Waals surface area contributed by atoms with E-state index in [0.717, 1.165) is 8.66 Å². The molecule has 1 N–H and O–H groups in total. The van der Waals surface area contributed by atoms with E-state index in [0.29, 0.717) is 11.8 Å². The van der Waals surface area contributed by atoms with Gasteiger partial charge in [-0.15, -0.1) is 11.3 Å². The Morgan fingerprint density at radius 2 is 2.29 bits per heavy atom. The maximum Gasteiger partial charge on any atom is 0.0912 e. The fourth-order valence-corrected chi connectivity index (χ4v) is 3.83. The monoisotopic (exact) mass is 274 g/mol. The van der Waals surface area contributed by atoms with Crippen LogP contribution in [-0.2, 0) is 0 Å². The summed E-state index contributed by atoms with van der Waals surface area (Å²) >= 11 is 5.08. The summed E-state index contributed by atoms with van der Waals surface area (Å²) in [6.45, 7) is 2.25. The molecule has 0 aliphatic heterocycles. The van der Waals surface area contributed by atoms with E-state index >= 15 is 0 Å². The third kappa shape index (κ3) is 2.05. The van der Waals surface area contributed by atoms with E-state index in [1.54, 1.807) is 11.3 Å². The van der Waals surface area contributed by atoms with E-state index in [4.69, 9.17) is 0 Å². The standard InChI is InChI=1S/C11H15BrOS/c1-7-3-2-4-8(7)11(13)9-5-6-10(12)14-9/h5-8,11,13H,2-4H2,1H3. The summed E-state index contributed by atoms with van der Waals surface area (Å²) in [5.74, 6) is 1.14. The van der Waals surface area contributed by atoms with Crippen molar-refractivity contribution in [3.63, 3.8) is 0 Å². The quantitative estimate of drug-likeness (QED) is 0.865. The molecule has 0 aromatic carbocycles. The summed E-state index contributed by atoms with van der Waals surface area (Å²) in [7, 11) is 0. The lowest BCUT2D eigenvalue weighted by Gasteiger charge is -2.20. The minimum Gasteiger partial charge on any atom is -0.387 e. The first-order valence-electron chi connectivity index (χ1n) is 5.12. The van der Waals surface area contributed by atoms with Crippen molar-refractivity contribution in [1.29, 1.82) is 0 Å². The molecule has 1 nitrogen and oxygen atoms in total. The van der Waals surface area contributed by atoms with Gasteiger partial charge in [0.25, 0.3) is 0 Å². The fourth-order valence-electron chi connectivity index (χ4n) is 2.34. The second-order valence-electron chi connectivity index (χ2n) is 4.16. The topological polar surface area (TPSA) is 20.2 Å². The highest BCUT2D eigenvalue weighted by atomic mass is 79.9. The predicted molar refractivity (Wildman–Crippen MR) is 63.5 cm³/mol. The molecule has 1 aliphatic rings. The maximum atomic E-state index is 10.2. The fraction of sp³-hybridized carbons (Fsp3) is 0.636. The van der Waals surface area contributed by atoms with Gasteiger partial charge in [-0.25, -0.2) is 0 Å². The van der Waals surface area contributed by atoms with Gasteiger partial charge in [-0.3, -0.25) is 0 Å².